The first-order chi connectivity index (χ1) is 14.0. The van der Waals surface area contributed by atoms with Crippen LogP contribution in [0.5, 0.6) is 0 Å². The van der Waals surface area contributed by atoms with Crippen LogP contribution in [0.2, 0.25) is 0 Å². The highest BCUT2D eigenvalue weighted by atomic mass is 16.2. The third-order valence-corrected chi connectivity index (χ3v) is 4.78. The fraction of sp³-hybridized carbons (Fsp3) is 0.130. The summed E-state index contributed by atoms with van der Waals surface area (Å²) in [5, 5.41) is 5.61. The second-order valence-corrected chi connectivity index (χ2v) is 6.94. The van der Waals surface area contributed by atoms with Gasteiger partial charge in [0.1, 0.15) is 0 Å². The molecule has 6 heteroatoms. The lowest BCUT2D eigenvalue weighted by Gasteiger charge is -2.32. The SMILES string of the molecule is CC(=O)N1C(=O)N(/N=C/c2cccnc2)Cc2cc(-c3ccc(C)cc3)ccc21. The number of hydrazone groups is 1. The summed E-state index contributed by atoms with van der Waals surface area (Å²) < 4.78 is 0. The van der Waals surface area contributed by atoms with Crippen LogP contribution in [0.25, 0.3) is 11.1 Å². The molecule has 0 spiro atoms. The molecule has 0 bridgehead atoms. The molecule has 4 rings (SSSR count). The molecule has 3 amide bonds. The Morgan fingerprint density at radius 2 is 1.86 bits per heavy atom. The van der Waals surface area contributed by atoms with E-state index in [0.29, 0.717) is 5.69 Å². The Morgan fingerprint density at radius 1 is 1.10 bits per heavy atom. The average Bonchev–Trinajstić information content (AvgIpc) is 2.73. The zero-order valence-electron chi connectivity index (χ0n) is 16.2. The van der Waals surface area contributed by atoms with Crippen molar-refractivity contribution in [2.75, 3.05) is 4.90 Å². The molecule has 0 fully saturated rings. The number of pyridine rings is 1. The first-order valence-corrected chi connectivity index (χ1v) is 9.29. The quantitative estimate of drug-likeness (QED) is 0.630. The second-order valence-electron chi connectivity index (χ2n) is 6.94. The van der Waals surface area contributed by atoms with Gasteiger partial charge >= 0.3 is 6.03 Å². The average molecular weight is 384 g/mol. The van der Waals surface area contributed by atoms with Crippen LogP contribution in [0.3, 0.4) is 0 Å². The molecule has 2 heterocycles. The number of amides is 3. The van der Waals surface area contributed by atoms with Crippen molar-refractivity contribution in [3.8, 4) is 11.1 Å². The van der Waals surface area contributed by atoms with Gasteiger partial charge in [0, 0.05) is 24.9 Å². The summed E-state index contributed by atoms with van der Waals surface area (Å²) in [7, 11) is 0. The molecule has 3 aromatic rings. The van der Waals surface area contributed by atoms with Crippen molar-refractivity contribution in [3.63, 3.8) is 0 Å². The van der Waals surface area contributed by atoms with E-state index in [-0.39, 0.29) is 12.5 Å². The molecule has 0 unspecified atom stereocenters. The zero-order chi connectivity index (χ0) is 20.4. The van der Waals surface area contributed by atoms with Gasteiger partial charge in [-0.1, -0.05) is 42.0 Å². The molecule has 0 saturated carbocycles. The van der Waals surface area contributed by atoms with E-state index in [4.69, 9.17) is 0 Å². The molecule has 144 valence electrons. The summed E-state index contributed by atoms with van der Waals surface area (Å²) in [6, 6.07) is 17.2. The van der Waals surface area contributed by atoms with Crippen LogP contribution in [0.1, 0.15) is 23.6 Å². The number of aryl methyl sites for hydroxylation is 1. The fourth-order valence-corrected chi connectivity index (χ4v) is 3.29. The lowest BCUT2D eigenvalue weighted by molar-refractivity contribution is -0.116. The van der Waals surface area contributed by atoms with Crippen LogP contribution in [0, 0.1) is 6.92 Å². The first kappa shape index (κ1) is 18.6. The van der Waals surface area contributed by atoms with Gasteiger partial charge < -0.3 is 0 Å². The van der Waals surface area contributed by atoms with Crippen molar-refractivity contribution in [2.45, 2.75) is 20.4 Å². The van der Waals surface area contributed by atoms with Crippen LogP contribution in [0.4, 0.5) is 10.5 Å². The number of fused-ring (bicyclic) bond motifs is 1. The van der Waals surface area contributed by atoms with Crippen LogP contribution >= 0.6 is 0 Å². The number of imide groups is 1. The minimum Gasteiger partial charge on any atom is -0.274 e. The molecule has 1 aromatic heterocycles. The van der Waals surface area contributed by atoms with Gasteiger partial charge in [-0.15, -0.1) is 0 Å². The Hall–Kier alpha value is -3.80. The van der Waals surface area contributed by atoms with Crippen LogP contribution < -0.4 is 4.90 Å². The third kappa shape index (κ3) is 3.78. The molecular formula is C23H20N4O2. The maximum Gasteiger partial charge on any atom is 0.352 e. The predicted octanol–water partition coefficient (Wildman–Crippen LogP) is 4.38. The minimum absolute atomic E-state index is 0.286. The molecule has 1 aliphatic heterocycles. The zero-order valence-corrected chi connectivity index (χ0v) is 16.2. The van der Waals surface area contributed by atoms with Gasteiger partial charge in [-0.2, -0.15) is 5.10 Å². The molecule has 2 aromatic carbocycles. The van der Waals surface area contributed by atoms with Gasteiger partial charge in [0.25, 0.3) is 0 Å². The minimum atomic E-state index is -0.465. The van der Waals surface area contributed by atoms with E-state index < -0.39 is 6.03 Å². The predicted molar refractivity (Wildman–Crippen MR) is 113 cm³/mol. The van der Waals surface area contributed by atoms with E-state index in [2.05, 4.69) is 34.4 Å². The summed E-state index contributed by atoms with van der Waals surface area (Å²) in [6.45, 7) is 3.71. The van der Waals surface area contributed by atoms with Crippen molar-refractivity contribution in [1.82, 2.24) is 9.99 Å². The molecule has 29 heavy (non-hydrogen) atoms. The molecule has 0 N–H and O–H groups in total. The van der Waals surface area contributed by atoms with E-state index in [0.717, 1.165) is 22.3 Å². The molecule has 6 nitrogen and oxygen atoms in total. The van der Waals surface area contributed by atoms with Crippen LogP contribution in [-0.2, 0) is 11.3 Å². The van der Waals surface area contributed by atoms with E-state index in [1.54, 1.807) is 24.7 Å². The number of hydrogen-bond donors (Lipinski definition) is 0. The summed E-state index contributed by atoms with van der Waals surface area (Å²) in [5.74, 6) is -0.347. The summed E-state index contributed by atoms with van der Waals surface area (Å²) in [5.41, 5.74) is 5.53. The van der Waals surface area contributed by atoms with Gasteiger partial charge in [-0.25, -0.2) is 14.7 Å². The summed E-state index contributed by atoms with van der Waals surface area (Å²) >= 11 is 0. The Morgan fingerprint density at radius 3 is 2.55 bits per heavy atom. The number of hydrogen-bond acceptors (Lipinski definition) is 4. The van der Waals surface area contributed by atoms with Gasteiger partial charge in [0.15, 0.2) is 0 Å². The normalized spacial score (nSPS) is 13.7. The van der Waals surface area contributed by atoms with Crippen molar-refractivity contribution < 1.29 is 9.59 Å². The Balaban J connectivity index is 1.71. The standard InChI is InChI=1S/C23H20N4O2/c1-16-5-7-19(8-6-16)20-9-10-22-21(12-20)15-26(23(29)27(22)17(2)28)25-14-18-4-3-11-24-13-18/h3-14H,15H2,1-2H3/b25-14+. The topological polar surface area (TPSA) is 65.9 Å². The number of carbonyl (C=O) groups is 2. The second kappa shape index (κ2) is 7.67. The fourth-order valence-electron chi connectivity index (χ4n) is 3.29. The van der Waals surface area contributed by atoms with Gasteiger partial charge in [-0.05, 0) is 41.8 Å². The highest BCUT2D eigenvalue weighted by molar-refractivity contribution is 6.15. The molecule has 0 aliphatic carbocycles. The Kier molecular flexibility index (Phi) is 4.91. The van der Waals surface area contributed by atoms with Crippen molar-refractivity contribution in [3.05, 3.63) is 83.7 Å². The number of nitrogens with zero attached hydrogens (tertiary/aromatic N) is 4. The summed E-state index contributed by atoms with van der Waals surface area (Å²) in [6.07, 6.45) is 4.89. The van der Waals surface area contributed by atoms with Gasteiger partial charge in [-0.3, -0.25) is 9.78 Å². The molecule has 0 saturated heterocycles. The van der Waals surface area contributed by atoms with Gasteiger partial charge in [0.05, 0.1) is 18.4 Å². The Bertz CT molecular complexity index is 1090. The van der Waals surface area contributed by atoms with Crippen molar-refractivity contribution >= 4 is 23.8 Å². The molecule has 0 radical (unpaired) electrons. The number of anilines is 1. The lowest BCUT2D eigenvalue weighted by atomic mass is 9.99. The number of carbonyl (C=O) groups excluding carboxylic acids is 2. The maximum atomic E-state index is 12.8. The Labute approximate surface area is 169 Å². The lowest BCUT2D eigenvalue weighted by Crippen LogP contribution is -2.47. The molecule has 1 aliphatic rings. The number of rotatable bonds is 3. The van der Waals surface area contributed by atoms with E-state index in [1.807, 2.05) is 31.2 Å². The van der Waals surface area contributed by atoms with Crippen LogP contribution in [-0.4, -0.2) is 28.1 Å². The number of aromatic nitrogens is 1. The number of benzene rings is 2. The van der Waals surface area contributed by atoms with E-state index >= 15 is 0 Å². The molecular weight excluding hydrogens is 364 g/mol. The van der Waals surface area contributed by atoms with Crippen molar-refractivity contribution in [2.24, 2.45) is 5.10 Å². The highest BCUT2D eigenvalue weighted by Gasteiger charge is 2.33. The molecule has 0 atom stereocenters. The summed E-state index contributed by atoms with van der Waals surface area (Å²) in [4.78, 5) is 30.2. The smallest absolute Gasteiger partial charge is 0.274 e. The van der Waals surface area contributed by atoms with E-state index in [1.165, 1.54) is 22.4 Å². The third-order valence-electron chi connectivity index (χ3n) is 4.78. The number of urea groups is 1. The van der Waals surface area contributed by atoms with E-state index in [9.17, 15) is 9.59 Å². The van der Waals surface area contributed by atoms with Crippen molar-refractivity contribution in [1.29, 1.82) is 0 Å². The van der Waals surface area contributed by atoms with Crippen LogP contribution in [0.15, 0.2) is 72.1 Å². The highest BCUT2D eigenvalue weighted by Crippen LogP contribution is 2.33. The maximum absolute atomic E-state index is 12.8. The van der Waals surface area contributed by atoms with Gasteiger partial charge in [0.2, 0.25) is 5.91 Å². The monoisotopic (exact) mass is 384 g/mol. The first-order valence-electron chi connectivity index (χ1n) is 9.29. The largest absolute Gasteiger partial charge is 0.352 e.